The number of nitrogens with one attached hydrogen (secondary N) is 2. The average Bonchev–Trinajstić information content (AvgIpc) is 2.29. The van der Waals surface area contributed by atoms with Crippen molar-refractivity contribution in [3.05, 3.63) is 35.1 Å². The van der Waals surface area contributed by atoms with E-state index in [2.05, 4.69) is 10.0 Å². The van der Waals surface area contributed by atoms with Gasteiger partial charge in [-0.2, -0.15) is 5.26 Å². The average molecular weight is 271 g/mol. The zero-order chi connectivity index (χ0) is 13.6. The highest BCUT2D eigenvalue weighted by Gasteiger charge is 2.06. The van der Waals surface area contributed by atoms with Crippen LogP contribution in [0.1, 0.15) is 11.1 Å². The zero-order valence-electron chi connectivity index (χ0n) is 9.90. The third-order valence-corrected chi connectivity index (χ3v) is 2.91. The van der Waals surface area contributed by atoms with Crippen LogP contribution >= 0.6 is 0 Å². The first kappa shape index (κ1) is 14.6. The van der Waals surface area contributed by atoms with Gasteiger partial charge in [0, 0.05) is 25.2 Å². The van der Waals surface area contributed by atoms with Crippen LogP contribution in [0.2, 0.25) is 0 Å². The lowest BCUT2D eigenvalue weighted by atomic mass is 10.1. The maximum atomic E-state index is 13.6. The van der Waals surface area contributed by atoms with Crippen molar-refractivity contribution in [2.45, 2.75) is 6.54 Å². The lowest BCUT2D eigenvalue weighted by Gasteiger charge is -2.07. The molecule has 0 radical (unpaired) electrons. The first-order valence-corrected chi connectivity index (χ1v) is 7.16. The minimum atomic E-state index is -3.20. The molecule has 0 amide bonds. The van der Waals surface area contributed by atoms with E-state index in [1.165, 1.54) is 6.07 Å². The molecule has 0 spiro atoms. The van der Waals surface area contributed by atoms with Gasteiger partial charge in [-0.25, -0.2) is 17.5 Å². The number of sulfonamides is 1. The number of nitrogens with zero attached hydrogens (tertiary/aromatic N) is 1. The molecule has 0 fully saturated rings. The Labute approximate surface area is 106 Å². The fraction of sp³-hybridized carbons (Fsp3) is 0.364. The molecule has 0 heterocycles. The fourth-order valence-electron chi connectivity index (χ4n) is 1.35. The van der Waals surface area contributed by atoms with Gasteiger partial charge in [0.05, 0.1) is 11.8 Å². The van der Waals surface area contributed by atoms with Crippen molar-refractivity contribution in [2.75, 3.05) is 19.3 Å². The van der Waals surface area contributed by atoms with Crippen LogP contribution in [0.25, 0.3) is 0 Å². The maximum absolute atomic E-state index is 13.6. The third kappa shape index (κ3) is 4.79. The van der Waals surface area contributed by atoms with Gasteiger partial charge in [0.25, 0.3) is 0 Å². The highest BCUT2D eigenvalue weighted by molar-refractivity contribution is 7.88. The summed E-state index contributed by atoms with van der Waals surface area (Å²) in [4.78, 5) is 0. The van der Waals surface area contributed by atoms with Crippen LogP contribution in [0.5, 0.6) is 0 Å². The van der Waals surface area contributed by atoms with Crippen molar-refractivity contribution in [2.24, 2.45) is 0 Å². The highest BCUT2D eigenvalue weighted by Crippen LogP contribution is 2.11. The third-order valence-electron chi connectivity index (χ3n) is 2.18. The molecule has 0 aliphatic carbocycles. The summed E-state index contributed by atoms with van der Waals surface area (Å²) in [5.74, 6) is -0.538. The second-order valence-electron chi connectivity index (χ2n) is 3.73. The molecular formula is C11H14FN3O2S. The molecule has 0 atom stereocenters. The molecule has 0 aliphatic heterocycles. The highest BCUT2D eigenvalue weighted by atomic mass is 32.2. The minimum Gasteiger partial charge on any atom is -0.311 e. The SMILES string of the molecule is CS(=O)(=O)NCCNCc1cccc(C#N)c1F. The van der Waals surface area contributed by atoms with E-state index in [1.807, 2.05) is 0 Å². The van der Waals surface area contributed by atoms with Gasteiger partial charge in [-0.1, -0.05) is 12.1 Å². The largest absolute Gasteiger partial charge is 0.311 e. The Bertz CT molecular complexity index is 552. The van der Waals surface area contributed by atoms with Gasteiger partial charge in [-0.15, -0.1) is 0 Å². The molecule has 1 aromatic rings. The van der Waals surface area contributed by atoms with Gasteiger partial charge < -0.3 is 5.32 Å². The summed E-state index contributed by atoms with van der Waals surface area (Å²) in [6.45, 7) is 0.856. The van der Waals surface area contributed by atoms with Crippen molar-refractivity contribution in [3.8, 4) is 6.07 Å². The number of halogens is 1. The first-order valence-electron chi connectivity index (χ1n) is 5.27. The summed E-state index contributed by atoms with van der Waals surface area (Å²) in [5.41, 5.74) is 0.386. The molecule has 5 nitrogen and oxygen atoms in total. The van der Waals surface area contributed by atoms with Crippen LogP contribution in [0, 0.1) is 17.1 Å². The van der Waals surface area contributed by atoms with Crippen LogP contribution in [-0.4, -0.2) is 27.8 Å². The Morgan fingerprint density at radius 3 is 2.72 bits per heavy atom. The fourth-order valence-corrected chi connectivity index (χ4v) is 1.82. The maximum Gasteiger partial charge on any atom is 0.208 e. The Kier molecular flexibility index (Phi) is 5.22. The van der Waals surface area contributed by atoms with Crippen LogP contribution in [-0.2, 0) is 16.6 Å². The van der Waals surface area contributed by atoms with Gasteiger partial charge in [-0.05, 0) is 6.07 Å². The van der Waals surface area contributed by atoms with E-state index >= 15 is 0 Å². The second kappa shape index (κ2) is 6.44. The second-order valence-corrected chi connectivity index (χ2v) is 5.57. The lowest BCUT2D eigenvalue weighted by molar-refractivity contribution is 0.571. The summed E-state index contributed by atoms with van der Waals surface area (Å²) in [6, 6.07) is 6.35. The Balaban J connectivity index is 2.43. The van der Waals surface area contributed by atoms with Crippen LogP contribution in [0.4, 0.5) is 4.39 Å². The number of rotatable bonds is 6. The molecule has 0 bridgehead atoms. The van der Waals surface area contributed by atoms with E-state index in [1.54, 1.807) is 18.2 Å². The predicted molar refractivity (Wildman–Crippen MR) is 65.7 cm³/mol. The van der Waals surface area contributed by atoms with Crippen molar-refractivity contribution in [3.63, 3.8) is 0 Å². The van der Waals surface area contributed by atoms with Gasteiger partial charge >= 0.3 is 0 Å². The smallest absolute Gasteiger partial charge is 0.208 e. The van der Waals surface area contributed by atoms with Gasteiger partial charge in [-0.3, -0.25) is 0 Å². The van der Waals surface area contributed by atoms with Crippen molar-refractivity contribution >= 4 is 10.0 Å². The number of benzene rings is 1. The molecule has 0 saturated heterocycles. The van der Waals surface area contributed by atoms with E-state index < -0.39 is 15.8 Å². The van der Waals surface area contributed by atoms with Crippen LogP contribution in [0.15, 0.2) is 18.2 Å². The predicted octanol–water partition coefficient (Wildman–Crippen LogP) is 0.336. The number of hydrogen-bond donors (Lipinski definition) is 2. The summed E-state index contributed by atoms with van der Waals surface area (Å²) in [6.07, 6.45) is 1.07. The number of hydrogen-bond acceptors (Lipinski definition) is 4. The van der Waals surface area contributed by atoms with Crippen molar-refractivity contribution < 1.29 is 12.8 Å². The molecule has 0 aromatic heterocycles. The molecular weight excluding hydrogens is 257 g/mol. The topological polar surface area (TPSA) is 82.0 Å². The quantitative estimate of drug-likeness (QED) is 0.731. The molecule has 7 heteroatoms. The molecule has 0 saturated carbocycles. The van der Waals surface area contributed by atoms with E-state index in [-0.39, 0.29) is 18.7 Å². The van der Waals surface area contributed by atoms with E-state index in [0.717, 1.165) is 6.26 Å². The summed E-state index contributed by atoms with van der Waals surface area (Å²) in [5, 5.41) is 11.5. The van der Waals surface area contributed by atoms with Crippen LogP contribution < -0.4 is 10.0 Å². The van der Waals surface area contributed by atoms with E-state index in [4.69, 9.17) is 5.26 Å². The van der Waals surface area contributed by atoms with Gasteiger partial charge in [0.2, 0.25) is 10.0 Å². The molecule has 0 unspecified atom stereocenters. The Hall–Kier alpha value is -1.49. The molecule has 18 heavy (non-hydrogen) atoms. The summed E-state index contributed by atoms with van der Waals surface area (Å²) in [7, 11) is -3.20. The Morgan fingerprint density at radius 1 is 1.39 bits per heavy atom. The molecule has 1 aromatic carbocycles. The minimum absolute atomic E-state index is 0.00330. The molecule has 98 valence electrons. The van der Waals surface area contributed by atoms with Crippen molar-refractivity contribution in [1.29, 1.82) is 5.26 Å². The zero-order valence-corrected chi connectivity index (χ0v) is 10.7. The van der Waals surface area contributed by atoms with E-state index in [0.29, 0.717) is 12.1 Å². The molecule has 2 N–H and O–H groups in total. The lowest BCUT2D eigenvalue weighted by Crippen LogP contribution is -2.31. The molecule has 0 aliphatic rings. The summed E-state index contributed by atoms with van der Waals surface area (Å²) < 4.78 is 37.4. The first-order chi connectivity index (χ1) is 8.44. The van der Waals surface area contributed by atoms with Crippen LogP contribution in [0.3, 0.4) is 0 Å². The van der Waals surface area contributed by atoms with Crippen molar-refractivity contribution in [1.82, 2.24) is 10.0 Å². The summed E-state index contributed by atoms with van der Waals surface area (Å²) >= 11 is 0. The van der Waals surface area contributed by atoms with Gasteiger partial charge in [0.15, 0.2) is 0 Å². The van der Waals surface area contributed by atoms with E-state index in [9.17, 15) is 12.8 Å². The Morgan fingerprint density at radius 2 is 2.11 bits per heavy atom. The molecule has 1 rings (SSSR count). The van der Waals surface area contributed by atoms with Gasteiger partial charge in [0.1, 0.15) is 11.9 Å². The number of nitriles is 1. The monoisotopic (exact) mass is 271 g/mol. The standard InChI is InChI=1S/C11H14FN3O2S/c1-18(16,17)15-6-5-14-8-10-4-2-3-9(7-13)11(10)12/h2-4,14-15H,5-6,8H2,1H3. The normalized spacial score (nSPS) is 11.2.